The van der Waals surface area contributed by atoms with Gasteiger partial charge >= 0.3 is 18.9 Å². The Hall–Kier alpha value is 0.782. The van der Waals surface area contributed by atoms with Crippen molar-refractivity contribution in [3.05, 3.63) is 0 Å². The molecule has 0 rings (SSSR count). The van der Waals surface area contributed by atoms with Gasteiger partial charge in [-0.1, -0.05) is 0 Å². The molecule has 0 spiro atoms. The van der Waals surface area contributed by atoms with Crippen LogP contribution in [0.15, 0.2) is 0 Å². The van der Waals surface area contributed by atoms with Crippen molar-refractivity contribution >= 4 is 5.97 Å². The van der Waals surface area contributed by atoms with Gasteiger partial charge < -0.3 is 6.53 Å². The molecule has 0 aliphatic carbocycles. The van der Waals surface area contributed by atoms with Gasteiger partial charge in [0.05, 0.1) is 0 Å². The number of aliphatic carboxylic acids is 1. The normalized spacial score (nSPS) is 4.17. The van der Waals surface area contributed by atoms with Crippen LogP contribution >= 0.6 is 0 Å². The second-order valence-electron chi connectivity index (χ2n) is 0.519. The minimum absolute atomic E-state index is 0. The van der Waals surface area contributed by atoms with Crippen molar-refractivity contribution in [2.45, 2.75) is 6.92 Å². The third-order valence-electron chi connectivity index (χ3n) is 0. The van der Waals surface area contributed by atoms with Crippen LogP contribution in [0, 0.1) is 0 Å². The molecule has 0 aliphatic rings. The molecule has 0 heterocycles. The zero-order valence-electron chi connectivity index (χ0n) is 4.86. The van der Waals surface area contributed by atoms with E-state index in [0.717, 1.165) is 6.92 Å². The Balaban J connectivity index is -0.0000000150. The zero-order valence-corrected chi connectivity index (χ0v) is 5.42. The summed E-state index contributed by atoms with van der Waals surface area (Å²) in [6.07, 6.45) is 0. The summed E-state index contributed by atoms with van der Waals surface area (Å²) in [5, 5.41) is 7.42. The Bertz CT molecular complexity index is 38.7. The Labute approximate surface area is 64.8 Å². The standard InChI is InChI=1S/C2H4O2.Li.Ti.H/c1-2(3)4;;;/h1H3,(H,3,4);;;/q;+1;;-1. The smallest absolute Gasteiger partial charge is 1.00 e. The van der Waals surface area contributed by atoms with Gasteiger partial charge in [-0.3, -0.25) is 4.79 Å². The van der Waals surface area contributed by atoms with E-state index >= 15 is 0 Å². The van der Waals surface area contributed by atoms with E-state index in [1.165, 1.54) is 0 Å². The van der Waals surface area contributed by atoms with Crippen LogP contribution in [0.4, 0.5) is 0 Å². The second-order valence-corrected chi connectivity index (χ2v) is 0.519. The molecule has 0 unspecified atom stereocenters. The van der Waals surface area contributed by atoms with Crippen LogP contribution < -0.4 is 18.9 Å². The minimum Gasteiger partial charge on any atom is -1.00 e. The first-order valence-corrected chi connectivity index (χ1v) is 0.928. The SMILES string of the molecule is CC(=O)O.[H-].[Li+].[Ti]. The summed E-state index contributed by atoms with van der Waals surface area (Å²) >= 11 is 0. The molecule has 0 saturated carbocycles. The van der Waals surface area contributed by atoms with Gasteiger partial charge in [0.1, 0.15) is 0 Å². The Morgan fingerprint density at radius 2 is 1.83 bits per heavy atom. The van der Waals surface area contributed by atoms with Crippen molar-refractivity contribution in [3.8, 4) is 0 Å². The predicted octanol–water partition coefficient (Wildman–Crippen LogP) is -2.80. The van der Waals surface area contributed by atoms with Crippen molar-refractivity contribution in [3.63, 3.8) is 0 Å². The summed E-state index contributed by atoms with van der Waals surface area (Å²) in [6.45, 7) is 1.08. The van der Waals surface area contributed by atoms with Crippen molar-refractivity contribution in [1.82, 2.24) is 0 Å². The van der Waals surface area contributed by atoms with E-state index in [1.807, 2.05) is 0 Å². The Kier molecular flexibility index (Phi) is 24.4. The van der Waals surface area contributed by atoms with Gasteiger partial charge in [0.25, 0.3) is 5.97 Å². The number of carbonyl (C=O) groups is 1. The van der Waals surface area contributed by atoms with E-state index in [-0.39, 0.29) is 42.0 Å². The quantitative estimate of drug-likeness (QED) is 0.347. The Morgan fingerprint density at radius 3 is 1.83 bits per heavy atom. The van der Waals surface area contributed by atoms with Gasteiger partial charge in [-0.25, -0.2) is 0 Å². The molecule has 2 nitrogen and oxygen atoms in total. The molecule has 0 radical (unpaired) electrons. The number of rotatable bonds is 0. The molecule has 1 N–H and O–H groups in total. The minimum atomic E-state index is -0.833. The summed E-state index contributed by atoms with van der Waals surface area (Å²) in [5.41, 5.74) is 0. The van der Waals surface area contributed by atoms with Gasteiger partial charge in [0, 0.05) is 28.6 Å². The topological polar surface area (TPSA) is 37.3 Å². The zero-order chi connectivity index (χ0) is 3.58. The van der Waals surface area contributed by atoms with Crippen molar-refractivity contribution in [2.24, 2.45) is 0 Å². The summed E-state index contributed by atoms with van der Waals surface area (Å²) in [7, 11) is 0. The largest absolute Gasteiger partial charge is 1.00 e. The molecule has 0 amide bonds. The summed E-state index contributed by atoms with van der Waals surface area (Å²) < 4.78 is 0. The molecular weight excluding hydrogens is 111 g/mol. The molecular formula is C2H5LiO2Ti. The first-order chi connectivity index (χ1) is 1.73. The van der Waals surface area contributed by atoms with E-state index in [0.29, 0.717) is 0 Å². The fourth-order valence-electron chi connectivity index (χ4n) is 0. The monoisotopic (exact) mass is 116 g/mol. The molecule has 30 valence electrons. The number of carboxylic acid groups (broad SMARTS) is 1. The third-order valence-corrected chi connectivity index (χ3v) is 0. The van der Waals surface area contributed by atoms with Gasteiger partial charge in [0.15, 0.2) is 0 Å². The van der Waals surface area contributed by atoms with E-state index in [4.69, 9.17) is 9.90 Å². The molecule has 4 heteroatoms. The van der Waals surface area contributed by atoms with Crippen LogP contribution in [0.1, 0.15) is 8.35 Å². The number of hydrogen-bond acceptors (Lipinski definition) is 1. The predicted molar refractivity (Wildman–Crippen MR) is 14.4 cm³/mol. The van der Waals surface area contributed by atoms with Gasteiger partial charge in [-0.05, 0) is 0 Å². The van der Waals surface area contributed by atoms with Crippen LogP contribution in [0.3, 0.4) is 0 Å². The summed E-state index contributed by atoms with van der Waals surface area (Å²) in [6, 6.07) is 0. The van der Waals surface area contributed by atoms with Crippen LogP contribution in [-0.4, -0.2) is 11.1 Å². The molecule has 0 aromatic carbocycles. The maximum absolute atomic E-state index is 9.00. The van der Waals surface area contributed by atoms with Crippen LogP contribution in [-0.2, 0) is 26.5 Å². The molecule has 0 aromatic heterocycles. The van der Waals surface area contributed by atoms with Gasteiger partial charge in [-0.2, -0.15) is 0 Å². The molecule has 0 aliphatic heterocycles. The van der Waals surface area contributed by atoms with Crippen LogP contribution in [0.25, 0.3) is 0 Å². The van der Waals surface area contributed by atoms with E-state index < -0.39 is 5.97 Å². The van der Waals surface area contributed by atoms with E-state index in [9.17, 15) is 0 Å². The maximum Gasteiger partial charge on any atom is 1.00 e. The van der Waals surface area contributed by atoms with Crippen LogP contribution in [0.5, 0.6) is 0 Å². The summed E-state index contributed by atoms with van der Waals surface area (Å²) in [4.78, 5) is 9.00. The van der Waals surface area contributed by atoms with E-state index in [1.54, 1.807) is 0 Å². The average molecular weight is 116 g/mol. The first kappa shape index (κ1) is 15.9. The summed E-state index contributed by atoms with van der Waals surface area (Å²) in [5.74, 6) is -0.833. The van der Waals surface area contributed by atoms with Crippen molar-refractivity contribution < 1.29 is 51.9 Å². The maximum atomic E-state index is 9.00. The fraction of sp³-hybridized carbons (Fsp3) is 0.500. The first-order valence-electron chi connectivity index (χ1n) is 0.928. The molecule has 0 fully saturated rings. The molecule has 0 atom stereocenters. The second kappa shape index (κ2) is 9.24. The average Bonchev–Trinajstić information content (AvgIpc) is 0.811. The van der Waals surface area contributed by atoms with Gasteiger partial charge in [0.2, 0.25) is 0 Å². The molecule has 0 saturated heterocycles. The Morgan fingerprint density at radius 1 is 1.83 bits per heavy atom. The number of hydrogen-bond donors (Lipinski definition) is 1. The van der Waals surface area contributed by atoms with Crippen molar-refractivity contribution in [2.75, 3.05) is 0 Å². The molecule has 0 bridgehead atoms. The third kappa shape index (κ3) is 112. The van der Waals surface area contributed by atoms with E-state index in [2.05, 4.69) is 0 Å². The van der Waals surface area contributed by atoms with Crippen LogP contribution in [0.2, 0.25) is 0 Å². The number of carboxylic acids is 1. The van der Waals surface area contributed by atoms with Crippen molar-refractivity contribution in [1.29, 1.82) is 0 Å². The van der Waals surface area contributed by atoms with Gasteiger partial charge in [-0.15, -0.1) is 0 Å². The fourth-order valence-corrected chi connectivity index (χ4v) is 0. The molecule has 0 aromatic rings. The molecule has 6 heavy (non-hydrogen) atoms.